The number of hydrogen-bond acceptors (Lipinski definition) is 3. The molecule has 17 heavy (non-hydrogen) atoms. The van der Waals surface area contributed by atoms with Crippen LogP contribution >= 0.6 is 0 Å². The normalized spacial score (nSPS) is 12.1. The lowest BCUT2D eigenvalue weighted by Crippen LogP contribution is -2.14. The summed E-state index contributed by atoms with van der Waals surface area (Å²) in [4.78, 5) is 0. The Morgan fingerprint density at radius 1 is 0.941 bits per heavy atom. The predicted molar refractivity (Wildman–Crippen MR) is 68.0 cm³/mol. The standard InChI is InChI=1S/C14H15NO2/c16-10-13(11-6-2-1-3-7-11)15-12-8-4-5-9-14(12)17/h1-9,13,15-17H,10H2. The molecule has 0 fully saturated rings. The van der Waals surface area contributed by atoms with Crippen LogP contribution in [-0.2, 0) is 0 Å². The molecule has 0 radical (unpaired) electrons. The van der Waals surface area contributed by atoms with Crippen molar-refractivity contribution in [1.29, 1.82) is 0 Å². The molecule has 0 aliphatic rings. The van der Waals surface area contributed by atoms with Gasteiger partial charge in [-0.05, 0) is 17.7 Å². The molecule has 0 bridgehead atoms. The Morgan fingerprint density at radius 2 is 1.59 bits per heavy atom. The molecule has 0 amide bonds. The highest BCUT2D eigenvalue weighted by Crippen LogP contribution is 2.26. The van der Waals surface area contributed by atoms with Gasteiger partial charge in [0.05, 0.1) is 18.3 Å². The van der Waals surface area contributed by atoms with E-state index >= 15 is 0 Å². The largest absolute Gasteiger partial charge is 0.506 e. The molecule has 1 atom stereocenters. The summed E-state index contributed by atoms with van der Waals surface area (Å²) in [5.41, 5.74) is 1.61. The Kier molecular flexibility index (Phi) is 3.62. The summed E-state index contributed by atoms with van der Waals surface area (Å²) in [6.45, 7) is -0.0294. The second-order valence-electron chi connectivity index (χ2n) is 3.81. The van der Waals surface area contributed by atoms with Crippen molar-refractivity contribution in [3.05, 3.63) is 60.2 Å². The molecule has 3 nitrogen and oxygen atoms in total. The van der Waals surface area contributed by atoms with Gasteiger partial charge in [0.15, 0.2) is 0 Å². The van der Waals surface area contributed by atoms with E-state index in [0.717, 1.165) is 5.56 Å². The van der Waals surface area contributed by atoms with Crippen molar-refractivity contribution in [2.45, 2.75) is 6.04 Å². The van der Waals surface area contributed by atoms with E-state index < -0.39 is 0 Å². The fourth-order valence-electron chi connectivity index (χ4n) is 1.70. The number of nitrogens with one attached hydrogen (secondary N) is 1. The van der Waals surface area contributed by atoms with Crippen LogP contribution in [0.3, 0.4) is 0 Å². The summed E-state index contributed by atoms with van der Waals surface area (Å²) >= 11 is 0. The van der Waals surface area contributed by atoms with E-state index in [9.17, 15) is 10.2 Å². The molecule has 2 aromatic rings. The molecule has 1 unspecified atom stereocenters. The van der Waals surface area contributed by atoms with Gasteiger partial charge in [0.2, 0.25) is 0 Å². The fraction of sp³-hybridized carbons (Fsp3) is 0.143. The predicted octanol–water partition coefficient (Wildman–Crippen LogP) is 2.54. The van der Waals surface area contributed by atoms with Crippen LogP contribution in [-0.4, -0.2) is 16.8 Å². The third kappa shape index (κ3) is 2.77. The first-order valence-electron chi connectivity index (χ1n) is 5.51. The monoisotopic (exact) mass is 229 g/mol. The number of rotatable bonds is 4. The summed E-state index contributed by atoms with van der Waals surface area (Å²) < 4.78 is 0. The minimum Gasteiger partial charge on any atom is -0.506 e. The lowest BCUT2D eigenvalue weighted by Gasteiger charge is -2.18. The highest BCUT2D eigenvalue weighted by Gasteiger charge is 2.11. The number of para-hydroxylation sites is 2. The van der Waals surface area contributed by atoms with Crippen molar-refractivity contribution in [3.63, 3.8) is 0 Å². The summed E-state index contributed by atoms with van der Waals surface area (Å²) in [6, 6.07) is 16.4. The van der Waals surface area contributed by atoms with Crippen LogP contribution in [0.15, 0.2) is 54.6 Å². The number of aliphatic hydroxyl groups excluding tert-OH is 1. The second-order valence-corrected chi connectivity index (χ2v) is 3.81. The van der Waals surface area contributed by atoms with Gasteiger partial charge in [0.25, 0.3) is 0 Å². The number of benzene rings is 2. The van der Waals surface area contributed by atoms with Gasteiger partial charge in [0, 0.05) is 0 Å². The molecule has 0 aliphatic carbocycles. The van der Waals surface area contributed by atoms with E-state index in [1.54, 1.807) is 18.2 Å². The molecule has 0 aromatic heterocycles. The van der Waals surface area contributed by atoms with Gasteiger partial charge in [-0.25, -0.2) is 0 Å². The van der Waals surface area contributed by atoms with E-state index in [-0.39, 0.29) is 18.4 Å². The number of aliphatic hydroxyl groups is 1. The Balaban J connectivity index is 2.19. The molecule has 2 rings (SSSR count). The molecule has 0 saturated carbocycles. The highest BCUT2D eigenvalue weighted by atomic mass is 16.3. The van der Waals surface area contributed by atoms with Crippen molar-refractivity contribution in [3.8, 4) is 5.75 Å². The Hall–Kier alpha value is -2.00. The smallest absolute Gasteiger partial charge is 0.138 e. The molecule has 88 valence electrons. The van der Waals surface area contributed by atoms with Gasteiger partial charge in [-0.2, -0.15) is 0 Å². The van der Waals surface area contributed by atoms with Crippen LogP contribution in [0.25, 0.3) is 0 Å². The third-order valence-corrected chi connectivity index (χ3v) is 2.62. The maximum absolute atomic E-state index is 9.66. The Bertz CT molecular complexity index is 471. The quantitative estimate of drug-likeness (QED) is 0.706. The summed E-state index contributed by atoms with van der Waals surface area (Å²) in [5, 5.41) is 22.2. The average molecular weight is 229 g/mol. The molecular formula is C14H15NO2. The van der Waals surface area contributed by atoms with Gasteiger partial charge < -0.3 is 15.5 Å². The maximum atomic E-state index is 9.66. The van der Waals surface area contributed by atoms with Crippen molar-refractivity contribution in [2.75, 3.05) is 11.9 Å². The van der Waals surface area contributed by atoms with Crippen molar-refractivity contribution < 1.29 is 10.2 Å². The van der Waals surface area contributed by atoms with Gasteiger partial charge in [0.1, 0.15) is 5.75 Å². The zero-order valence-corrected chi connectivity index (χ0v) is 9.38. The van der Waals surface area contributed by atoms with Gasteiger partial charge in [-0.1, -0.05) is 42.5 Å². The molecule has 0 spiro atoms. The Labute approximate surface area is 100 Å². The number of phenols is 1. The average Bonchev–Trinajstić information content (AvgIpc) is 2.39. The van der Waals surface area contributed by atoms with E-state index in [4.69, 9.17) is 0 Å². The van der Waals surface area contributed by atoms with Gasteiger partial charge >= 0.3 is 0 Å². The maximum Gasteiger partial charge on any atom is 0.138 e. The molecular weight excluding hydrogens is 214 g/mol. The fourth-order valence-corrected chi connectivity index (χ4v) is 1.70. The van der Waals surface area contributed by atoms with Crippen molar-refractivity contribution in [1.82, 2.24) is 0 Å². The first-order chi connectivity index (χ1) is 8.31. The van der Waals surface area contributed by atoms with Crippen LogP contribution in [0.1, 0.15) is 11.6 Å². The second kappa shape index (κ2) is 5.37. The summed E-state index contributed by atoms with van der Waals surface area (Å²) in [7, 11) is 0. The van der Waals surface area contributed by atoms with Gasteiger partial charge in [-0.15, -0.1) is 0 Å². The van der Waals surface area contributed by atoms with Crippen LogP contribution in [0.2, 0.25) is 0 Å². The number of aromatic hydroxyl groups is 1. The molecule has 2 aromatic carbocycles. The zero-order chi connectivity index (χ0) is 12.1. The first-order valence-corrected chi connectivity index (χ1v) is 5.51. The SMILES string of the molecule is OCC(Nc1ccccc1O)c1ccccc1. The van der Waals surface area contributed by atoms with Crippen LogP contribution < -0.4 is 5.32 Å². The lowest BCUT2D eigenvalue weighted by atomic mass is 10.1. The lowest BCUT2D eigenvalue weighted by molar-refractivity contribution is 0.276. The minimum atomic E-state index is -0.218. The van der Waals surface area contributed by atoms with Crippen molar-refractivity contribution in [2.24, 2.45) is 0 Å². The minimum absolute atomic E-state index is 0.0294. The van der Waals surface area contributed by atoms with Crippen molar-refractivity contribution >= 4 is 5.69 Å². The highest BCUT2D eigenvalue weighted by molar-refractivity contribution is 5.56. The van der Waals surface area contributed by atoms with E-state index in [0.29, 0.717) is 5.69 Å². The molecule has 3 N–H and O–H groups in total. The van der Waals surface area contributed by atoms with Crippen LogP contribution in [0.4, 0.5) is 5.69 Å². The first kappa shape index (κ1) is 11.5. The van der Waals surface area contributed by atoms with E-state index in [1.165, 1.54) is 0 Å². The van der Waals surface area contributed by atoms with Crippen LogP contribution in [0, 0.1) is 0 Å². The molecule has 0 aliphatic heterocycles. The van der Waals surface area contributed by atoms with E-state index in [1.807, 2.05) is 36.4 Å². The van der Waals surface area contributed by atoms with Gasteiger partial charge in [-0.3, -0.25) is 0 Å². The third-order valence-electron chi connectivity index (χ3n) is 2.62. The Morgan fingerprint density at radius 3 is 2.24 bits per heavy atom. The van der Waals surface area contributed by atoms with E-state index in [2.05, 4.69) is 5.32 Å². The van der Waals surface area contributed by atoms with Crippen LogP contribution in [0.5, 0.6) is 5.75 Å². The summed E-state index contributed by atoms with van der Waals surface area (Å²) in [5.74, 6) is 0.182. The molecule has 0 heterocycles. The molecule has 0 saturated heterocycles. The molecule has 3 heteroatoms. The zero-order valence-electron chi connectivity index (χ0n) is 9.38. The number of hydrogen-bond donors (Lipinski definition) is 3. The summed E-state index contributed by atoms with van der Waals surface area (Å²) in [6.07, 6.45) is 0. The topological polar surface area (TPSA) is 52.5 Å². The number of anilines is 1. The number of phenolic OH excluding ortho intramolecular Hbond substituents is 1.